The number of fused-ring (bicyclic) bond motifs is 2. The van der Waals surface area contributed by atoms with Gasteiger partial charge in [-0.25, -0.2) is 9.78 Å². The molecule has 0 spiro atoms. The Balaban J connectivity index is 1.80. The number of nitrogens with zero attached hydrogens (tertiary/aromatic N) is 1. The van der Waals surface area contributed by atoms with E-state index in [4.69, 9.17) is 32.9 Å². The molecule has 0 radical (unpaired) electrons. The number of halogens is 2. The van der Waals surface area contributed by atoms with Gasteiger partial charge in [-0.15, -0.1) is 0 Å². The summed E-state index contributed by atoms with van der Waals surface area (Å²) >= 11 is 12.2. The highest BCUT2D eigenvalue weighted by Crippen LogP contribution is 2.38. The number of allylic oxidation sites excluding steroid dienone is 1. The van der Waals surface area contributed by atoms with Crippen LogP contribution < -0.4 is 5.32 Å². The van der Waals surface area contributed by atoms with Crippen molar-refractivity contribution in [3.8, 4) is 0 Å². The number of para-hydroxylation sites is 1. The summed E-state index contributed by atoms with van der Waals surface area (Å²) in [5, 5.41) is 4.14. The van der Waals surface area contributed by atoms with E-state index in [1.54, 1.807) is 12.1 Å². The number of pyridine rings is 1. The second-order valence-corrected chi connectivity index (χ2v) is 7.74. The number of amides is 1. The Morgan fingerprint density at radius 2 is 1.93 bits per heavy atom. The molecule has 152 valence electrons. The van der Waals surface area contributed by atoms with Gasteiger partial charge in [-0.1, -0.05) is 47.5 Å². The first-order valence-corrected chi connectivity index (χ1v) is 10.2. The van der Waals surface area contributed by atoms with Crippen molar-refractivity contribution in [1.82, 2.24) is 10.3 Å². The second kappa shape index (κ2) is 8.46. The van der Waals surface area contributed by atoms with Crippen molar-refractivity contribution in [2.24, 2.45) is 0 Å². The number of carbonyl (C=O) groups excluding carboxylic acids is 2. The van der Waals surface area contributed by atoms with E-state index in [9.17, 15) is 9.59 Å². The lowest BCUT2D eigenvalue weighted by Crippen LogP contribution is -2.25. The van der Waals surface area contributed by atoms with E-state index in [0.717, 1.165) is 28.8 Å². The van der Waals surface area contributed by atoms with Crippen LogP contribution >= 0.6 is 23.2 Å². The molecule has 0 atom stereocenters. The minimum atomic E-state index is -0.524. The van der Waals surface area contributed by atoms with Crippen LogP contribution in [0, 0.1) is 0 Å². The number of likely N-dealkylation sites (N-methyl/N-ethyl adjacent to an activating group) is 1. The lowest BCUT2D eigenvalue weighted by atomic mass is 10.0. The second-order valence-electron chi connectivity index (χ2n) is 6.92. The Labute approximate surface area is 183 Å². The minimum Gasteiger partial charge on any atom is -0.452 e. The number of ether oxygens (including phenoxy) is 1. The highest BCUT2D eigenvalue weighted by atomic mass is 35.5. The molecule has 1 heterocycles. The third-order valence-corrected chi connectivity index (χ3v) is 5.78. The normalized spacial score (nSPS) is 14.0. The summed E-state index contributed by atoms with van der Waals surface area (Å²) in [6.45, 7) is -0.327. The monoisotopic (exact) mass is 440 g/mol. The van der Waals surface area contributed by atoms with Crippen molar-refractivity contribution in [1.29, 1.82) is 0 Å². The van der Waals surface area contributed by atoms with Crippen molar-refractivity contribution < 1.29 is 14.3 Å². The molecule has 1 aliphatic rings. The van der Waals surface area contributed by atoms with Gasteiger partial charge in [0.05, 0.1) is 26.8 Å². The summed E-state index contributed by atoms with van der Waals surface area (Å²) in [5.74, 6) is -0.886. The van der Waals surface area contributed by atoms with E-state index >= 15 is 0 Å². The Morgan fingerprint density at radius 1 is 1.13 bits per heavy atom. The number of aromatic nitrogens is 1. The Bertz CT molecular complexity index is 1200. The molecule has 0 unspecified atom stereocenters. The molecule has 0 saturated carbocycles. The topological polar surface area (TPSA) is 68.3 Å². The van der Waals surface area contributed by atoms with Crippen LogP contribution in [0.2, 0.25) is 10.0 Å². The lowest BCUT2D eigenvalue weighted by molar-refractivity contribution is -0.123. The predicted octanol–water partition coefficient (Wildman–Crippen LogP) is 4.93. The number of benzene rings is 2. The first kappa shape index (κ1) is 20.4. The SMILES string of the molecule is CNC(=O)COC(=O)c1c2c(nc3ccccc13)C(=Cc1ccc(Cl)c(Cl)c1)CC2. The Kier molecular flexibility index (Phi) is 5.75. The van der Waals surface area contributed by atoms with Crippen LogP contribution in [0.15, 0.2) is 42.5 Å². The third-order valence-electron chi connectivity index (χ3n) is 5.04. The highest BCUT2D eigenvalue weighted by Gasteiger charge is 2.27. The lowest BCUT2D eigenvalue weighted by Gasteiger charge is -2.12. The molecule has 1 aromatic heterocycles. The molecule has 0 bridgehead atoms. The van der Waals surface area contributed by atoms with E-state index in [1.165, 1.54) is 7.05 Å². The number of hydrogen-bond acceptors (Lipinski definition) is 4. The molecule has 1 amide bonds. The van der Waals surface area contributed by atoms with Crippen LogP contribution in [0.25, 0.3) is 22.6 Å². The van der Waals surface area contributed by atoms with Gasteiger partial charge >= 0.3 is 5.97 Å². The minimum absolute atomic E-state index is 0.327. The number of rotatable bonds is 4. The van der Waals surface area contributed by atoms with Gasteiger partial charge in [-0.05, 0) is 53.8 Å². The zero-order valence-electron chi connectivity index (χ0n) is 16.2. The number of nitrogens with one attached hydrogen (secondary N) is 1. The van der Waals surface area contributed by atoms with Crippen LogP contribution in [-0.2, 0) is 16.0 Å². The summed E-state index contributed by atoms with van der Waals surface area (Å²) in [7, 11) is 1.50. The fourth-order valence-electron chi connectivity index (χ4n) is 3.59. The number of hydrogen-bond donors (Lipinski definition) is 1. The van der Waals surface area contributed by atoms with Gasteiger partial charge < -0.3 is 10.1 Å². The van der Waals surface area contributed by atoms with Gasteiger partial charge in [0.15, 0.2) is 6.61 Å². The highest BCUT2D eigenvalue weighted by molar-refractivity contribution is 6.42. The van der Waals surface area contributed by atoms with Gasteiger partial charge in [0, 0.05) is 12.4 Å². The molecule has 4 rings (SSSR count). The number of carbonyl (C=O) groups is 2. The Hall–Kier alpha value is -2.89. The maximum atomic E-state index is 12.9. The Morgan fingerprint density at radius 3 is 2.70 bits per heavy atom. The van der Waals surface area contributed by atoms with Crippen LogP contribution in [0.4, 0.5) is 0 Å². The van der Waals surface area contributed by atoms with Gasteiger partial charge in [0.25, 0.3) is 5.91 Å². The van der Waals surface area contributed by atoms with Crippen LogP contribution in [0.5, 0.6) is 0 Å². The van der Waals surface area contributed by atoms with E-state index in [0.29, 0.717) is 32.9 Å². The zero-order valence-corrected chi connectivity index (χ0v) is 17.7. The molecule has 0 fully saturated rings. The van der Waals surface area contributed by atoms with Crippen molar-refractivity contribution in [2.75, 3.05) is 13.7 Å². The molecule has 0 saturated heterocycles. The van der Waals surface area contributed by atoms with E-state index in [1.807, 2.05) is 36.4 Å². The van der Waals surface area contributed by atoms with Crippen molar-refractivity contribution >= 4 is 57.6 Å². The quantitative estimate of drug-likeness (QED) is 0.583. The van der Waals surface area contributed by atoms with Gasteiger partial charge in [0.2, 0.25) is 0 Å². The van der Waals surface area contributed by atoms with Crippen molar-refractivity contribution in [3.05, 3.63) is 74.9 Å². The average Bonchev–Trinajstić information content (AvgIpc) is 3.14. The van der Waals surface area contributed by atoms with Gasteiger partial charge in [-0.2, -0.15) is 0 Å². The van der Waals surface area contributed by atoms with Gasteiger partial charge in [-0.3, -0.25) is 4.79 Å². The molecule has 30 heavy (non-hydrogen) atoms. The average molecular weight is 441 g/mol. The standard InChI is InChI=1S/C23H18Cl2N2O3/c1-26-20(28)12-30-23(29)21-15-4-2-3-5-19(15)27-22-14(7-8-16(21)22)10-13-6-9-17(24)18(25)11-13/h2-6,9-11H,7-8,12H2,1H3,(H,26,28). The van der Waals surface area contributed by atoms with Crippen molar-refractivity contribution in [3.63, 3.8) is 0 Å². The van der Waals surface area contributed by atoms with E-state index < -0.39 is 5.97 Å². The van der Waals surface area contributed by atoms with Crippen molar-refractivity contribution in [2.45, 2.75) is 12.8 Å². The number of esters is 1. The molecule has 7 heteroatoms. The summed E-state index contributed by atoms with van der Waals surface area (Å²) in [6, 6.07) is 12.9. The van der Waals surface area contributed by atoms with Crippen LogP contribution in [0.1, 0.15) is 33.6 Å². The van der Waals surface area contributed by atoms with E-state index in [2.05, 4.69) is 5.32 Å². The summed E-state index contributed by atoms with van der Waals surface area (Å²) < 4.78 is 5.27. The smallest absolute Gasteiger partial charge is 0.339 e. The molecule has 5 nitrogen and oxygen atoms in total. The summed E-state index contributed by atoms with van der Waals surface area (Å²) in [4.78, 5) is 29.2. The molecule has 1 N–H and O–H groups in total. The summed E-state index contributed by atoms with van der Waals surface area (Å²) in [5.41, 5.74) is 4.69. The van der Waals surface area contributed by atoms with Gasteiger partial charge in [0.1, 0.15) is 0 Å². The molecular weight excluding hydrogens is 423 g/mol. The molecule has 0 aliphatic heterocycles. The van der Waals surface area contributed by atoms with Crippen LogP contribution in [0.3, 0.4) is 0 Å². The first-order chi connectivity index (χ1) is 14.5. The fraction of sp³-hybridized carbons (Fsp3) is 0.174. The van der Waals surface area contributed by atoms with Crippen LogP contribution in [-0.4, -0.2) is 30.5 Å². The molecular formula is C23H18Cl2N2O3. The maximum Gasteiger partial charge on any atom is 0.339 e. The maximum absolute atomic E-state index is 12.9. The fourth-order valence-corrected chi connectivity index (χ4v) is 3.90. The third kappa shape index (κ3) is 3.91. The molecule has 2 aromatic carbocycles. The molecule has 1 aliphatic carbocycles. The predicted molar refractivity (Wildman–Crippen MR) is 119 cm³/mol. The molecule has 3 aromatic rings. The zero-order chi connectivity index (χ0) is 21.3. The summed E-state index contributed by atoms with van der Waals surface area (Å²) in [6.07, 6.45) is 3.40. The largest absolute Gasteiger partial charge is 0.452 e. The van der Waals surface area contributed by atoms with E-state index in [-0.39, 0.29) is 12.5 Å². The first-order valence-electron chi connectivity index (χ1n) is 9.43.